The fraction of sp³-hybridized carbons (Fsp3) is 0.632. The molecule has 1 aliphatic heterocycles. The predicted molar refractivity (Wildman–Crippen MR) is 114 cm³/mol. The number of likely N-dealkylation sites (tertiary alicyclic amines) is 1. The van der Waals surface area contributed by atoms with Crippen LogP contribution in [0.4, 0.5) is 0 Å². The highest BCUT2D eigenvalue weighted by atomic mass is 127. The lowest BCUT2D eigenvalue weighted by Crippen LogP contribution is -2.46. The molecule has 0 aromatic heterocycles. The van der Waals surface area contributed by atoms with Crippen LogP contribution in [-0.4, -0.2) is 47.3 Å². The Morgan fingerprint density at radius 2 is 1.92 bits per heavy atom. The molecule has 1 saturated heterocycles. The first kappa shape index (κ1) is 22.0. The van der Waals surface area contributed by atoms with Crippen LogP contribution in [-0.2, 0) is 6.54 Å². The van der Waals surface area contributed by atoms with E-state index in [1.165, 1.54) is 0 Å². The van der Waals surface area contributed by atoms with Crippen LogP contribution in [0.1, 0.15) is 46.1 Å². The standard InChI is InChI=1S/C19H31N3O2.HI/c1-5-20-18(22-12-10-16(23)11-13-22)21-14-15-8-6-7-9-17(15)24-19(2,3)4;/h6-9,16,23H,5,10-14H2,1-4H3,(H,20,21);1H. The number of aliphatic imine (C=N–C) groups is 1. The van der Waals surface area contributed by atoms with Gasteiger partial charge in [0.25, 0.3) is 0 Å². The van der Waals surface area contributed by atoms with Gasteiger partial charge in [0.1, 0.15) is 11.4 Å². The van der Waals surface area contributed by atoms with E-state index < -0.39 is 0 Å². The van der Waals surface area contributed by atoms with E-state index in [0.717, 1.165) is 49.7 Å². The first-order valence-corrected chi connectivity index (χ1v) is 8.87. The Morgan fingerprint density at radius 3 is 2.52 bits per heavy atom. The quantitative estimate of drug-likeness (QED) is 0.410. The molecular weight excluding hydrogens is 429 g/mol. The van der Waals surface area contributed by atoms with Crippen molar-refractivity contribution in [2.45, 2.75) is 58.8 Å². The van der Waals surface area contributed by atoms with Crippen LogP contribution in [0.15, 0.2) is 29.3 Å². The highest BCUT2D eigenvalue weighted by Crippen LogP contribution is 2.23. The molecule has 0 radical (unpaired) electrons. The van der Waals surface area contributed by atoms with Crippen molar-refractivity contribution in [1.29, 1.82) is 0 Å². The molecule has 1 aliphatic rings. The highest BCUT2D eigenvalue weighted by molar-refractivity contribution is 14.0. The Kier molecular flexibility index (Phi) is 8.99. The Morgan fingerprint density at radius 1 is 1.28 bits per heavy atom. The number of halogens is 1. The molecule has 1 heterocycles. The van der Waals surface area contributed by atoms with Gasteiger partial charge in [-0.15, -0.1) is 24.0 Å². The largest absolute Gasteiger partial charge is 0.488 e. The summed E-state index contributed by atoms with van der Waals surface area (Å²) in [5, 5.41) is 13.0. The van der Waals surface area contributed by atoms with Gasteiger partial charge in [-0.25, -0.2) is 4.99 Å². The van der Waals surface area contributed by atoms with Gasteiger partial charge >= 0.3 is 0 Å². The molecule has 25 heavy (non-hydrogen) atoms. The zero-order valence-electron chi connectivity index (χ0n) is 15.8. The van der Waals surface area contributed by atoms with Gasteiger partial charge in [-0.3, -0.25) is 0 Å². The third-order valence-electron chi connectivity index (χ3n) is 3.89. The fourth-order valence-corrected chi connectivity index (χ4v) is 2.73. The molecule has 1 fully saturated rings. The van der Waals surface area contributed by atoms with Crippen LogP contribution < -0.4 is 10.1 Å². The van der Waals surface area contributed by atoms with Crippen molar-refractivity contribution in [3.8, 4) is 5.75 Å². The summed E-state index contributed by atoms with van der Waals surface area (Å²) in [6.07, 6.45) is 1.42. The van der Waals surface area contributed by atoms with Crippen LogP contribution >= 0.6 is 24.0 Å². The van der Waals surface area contributed by atoms with E-state index >= 15 is 0 Å². The monoisotopic (exact) mass is 461 g/mol. The molecule has 5 nitrogen and oxygen atoms in total. The van der Waals surface area contributed by atoms with E-state index in [2.05, 4.69) is 44.0 Å². The minimum absolute atomic E-state index is 0. The zero-order valence-corrected chi connectivity index (χ0v) is 18.1. The Bertz CT molecular complexity index is 550. The Hall–Kier alpha value is -1.02. The van der Waals surface area contributed by atoms with Gasteiger partial charge < -0.3 is 20.1 Å². The van der Waals surface area contributed by atoms with Crippen LogP contribution in [0.5, 0.6) is 5.75 Å². The number of rotatable bonds is 4. The molecule has 0 amide bonds. The lowest BCUT2D eigenvalue weighted by atomic mass is 10.1. The van der Waals surface area contributed by atoms with Gasteiger partial charge in [-0.1, -0.05) is 18.2 Å². The lowest BCUT2D eigenvalue weighted by molar-refractivity contribution is 0.108. The number of nitrogens with one attached hydrogen (secondary N) is 1. The average molecular weight is 461 g/mol. The molecule has 1 aromatic carbocycles. The number of aliphatic hydroxyl groups is 1. The minimum Gasteiger partial charge on any atom is -0.488 e. The molecular formula is C19H32IN3O2. The predicted octanol–water partition coefficient (Wildman–Crippen LogP) is 3.40. The second-order valence-corrected chi connectivity index (χ2v) is 7.21. The first-order valence-electron chi connectivity index (χ1n) is 8.87. The van der Waals surface area contributed by atoms with Crippen LogP contribution in [0.3, 0.4) is 0 Å². The van der Waals surface area contributed by atoms with E-state index in [9.17, 15) is 5.11 Å². The van der Waals surface area contributed by atoms with Crippen molar-refractivity contribution >= 4 is 29.9 Å². The van der Waals surface area contributed by atoms with Crippen molar-refractivity contribution in [3.05, 3.63) is 29.8 Å². The molecule has 0 unspecified atom stereocenters. The normalized spacial score (nSPS) is 16.4. The summed E-state index contributed by atoms with van der Waals surface area (Å²) in [6, 6.07) is 8.07. The fourth-order valence-electron chi connectivity index (χ4n) is 2.73. The van der Waals surface area contributed by atoms with Gasteiger partial charge in [-0.2, -0.15) is 0 Å². The minimum atomic E-state index is -0.229. The van der Waals surface area contributed by atoms with Crippen molar-refractivity contribution in [1.82, 2.24) is 10.2 Å². The van der Waals surface area contributed by atoms with Crippen LogP contribution in [0.2, 0.25) is 0 Å². The van der Waals surface area contributed by atoms with Crippen molar-refractivity contribution < 1.29 is 9.84 Å². The Labute approximate surface area is 168 Å². The second-order valence-electron chi connectivity index (χ2n) is 7.21. The molecule has 0 atom stereocenters. The van der Waals surface area contributed by atoms with E-state index in [0.29, 0.717) is 6.54 Å². The average Bonchev–Trinajstić information content (AvgIpc) is 2.52. The van der Waals surface area contributed by atoms with Gasteiger partial charge in [0, 0.05) is 25.2 Å². The molecule has 142 valence electrons. The number of aliphatic hydroxyl groups excluding tert-OH is 1. The number of benzene rings is 1. The van der Waals surface area contributed by atoms with Crippen LogP contribution in [0, 0.1) is 0 Å². The summed E-state index contributed by atoms with van der Waals surface area (Å²) in [6.45, 7) is 11.3. The summed E-state index contributed by atoms with van der Waals surface area (Å²) in [5.74, 6) is 1.80. The van der Waals surface area contributed by atoms with E-state index in [1.807, 2.05) is 18.2 Å². The first-order chi connectivity index (χ1) is 11.4. The number of piperidine rings is 1. The lowest BCUT2D eigenvalue weighted by Gasteiger charge is -2.32. The van der Waals surface area contributed by atoms with Crippen molar-refractivity contribution in [3.63, 3.8) is 0 Å². The highest BCUT2D eigenvalue weighted by Gasteiger charge is 2.20. The number of hydrogen-bond donors (Lipinski definition) is 2. The van der Waals surface area contributed by atoms with Crippen LogP contribution in [0.25, 0.3) is 0 Å². The third kappa shape index (κ3) is 7.40. The molecule has 0 saturated carbocycles. The molecule has 0 aliphatic carbocycles. The second kappa shape index (κ2) is 10.2. The molecule has 6 heteroatoms. The number of guanidine groups is 1. The maximum atomic E-state index is 9.69. The molecule has 2 rings (SSSR count). The number of nitrogens with zero attached hydrogens (tertiary/aromatic N) is 2. The number of para-hydroxylation sites is 1. The maximum absolute atomic E-state index is 9.69. The molecule has 1 aromatic rings. The summed E-state index contributed by atoms with van der Waals surface area (Å²) in [7, 11) is 0. The van der Waals surface area contributed by atoms with E-state index in [1.54, 1.807) is 0 Å². The smallest absolute Gasteiger partial charge is 0.194 e. The molecule has 0 spiro atoms. The van der Waals surface area contributed by atoms with E-state index in [-0.39, 0.29) is 35.7 Å². The SMILES string of the molecule is CCNC(=NCc1ccccc1OC(C)(C)C)N1CCC(O)CC1.I. The Balaban J connectivity index is 0.00000312. The summed E-state index contributed by atoms with van der Waals surface area (Å²) < 4.78 is 6.05. The van der Waals surface area contributed by atoms with Crippen molar-refractivity contribution in [2.24, 2.45) is 4.99 Å². The number of hydrogen-bond acceptors (Lipinski definition) is 3. The van der Waals surface area contributed by atoms with Gasteiger partial charge in [0.15, 0.2) is 5.96 Å². The van der Waals surface area contributed by atoms with Gasteiger partial charge in [0.05, 0.1) is 12.6 Å². The summed E-state index contributed by atoms with van der Waals surface area (Å²) in [4.78, 5) is 7.02. The third-order valence-corrected chi connectivity index (χ3v) is 3.89. The molecule has 2 N–H and O–H groups in total. The number of ether oxygens (including phenoxy) is 1. The summed E-state index contributed by atoms with van der Waals surface area (Å²) >= 11 is 0. The summed E-state index contributed by atoms with van der Waals surface area (Å²) in [5.41, 5.74) is 0.854. The zero-order chi connectivity index (χ0) is 17.6. The maximum Gasteiger partial charge on any atom is 0.194 e. The topological polar surface area (TPSA) is 57.1 Å². The molecule has 0 bridgehead atoms. The van der Waals surface area contributed by atoms with Gasteiger partial charge in [-0.05, 0) is 46.6 Å². The van der Waals surface area contributed by atoms with E-state index in [4.69, 9.17) is 9.73 Å². The van der Waals surface area contributed by atoms with Crippen molar-refractivity contribution in [2.75, 3.05) is 19.6 Å². The van der Waals surface area contributed by atoms with Gasteiger partial charge in [0.2, 0.25) is 0 Å².